The van der Waals surface area contributed by atoms with Crippen molar-refractivity contribution in [1.29, 1.82) is 0 Å². The molecule has 0 unspecified atom stereocenters. The molecule has 0 aromatic carbocycles. The Labute approximate surface area is 98.2 Å². The van der Waals surface area contributed by atoms with Gasteiger partial charge in [0.1, 0.15) is 0 Å². The molecule has 0 aliphatic heterocycles. The molecule has 92 valence electrons. The molecule has 0 radical (unpaired) electrons. The summed E-state index contributed by atoms with van der Waals surface area (Å²) in [4.78, 5) is 11.9. The number of carbonyl (C=O) groups excluding carboxylic acids is 1. The second-order valence-corrected chi connectivity index (χ2v) is 5.59. The van der Waals surface area contributed by atoms with Gasteiger partial charge in [-0.15, -0.1) is 0 Å². The summed E-state index contributed by atoms with van der Waals surface area (Å²) in [5, 5.41) is 3.12. The van der Waals surface area contributed by atoms with Crippen LogP contribution in [0, 0.1) is 5.92 Å². The molecule has 0 saturated heterocycles. The van der Waals surface area contributed by atoms with Crippen molar-refractivity contribution >= 4 is 5.91 Å². The maximum absolute atomic E-state index is 11.9. The van der Waals surface area contributed by atoms with Crippen LogP contribution in [0.5, 0.6) is 0 Å². The van der Waals surface area contributed by atoms with E-state index in [0.29, 0.717) is 12.5 Å². The van der Waals surface area contributed by atoms with Gasteiger partial charge in [0.2, 0.25) is 5.91 Å². The molecule has 0 heterocycles. The lowest BCUT2D eigenvalue weighted by Crippen LogP contribution is -2.42. The highest BCUT2D eigenvalue weighted by atomic mass is 16.1. The smallest absolute Gasteiger partial charge is 0.220 e. The van der Waals surface area contributed by atoms with E-state index in [1.165, 1.54) is 38.5 Å². The van der Waals surface area contributed by atoms with Gasteiger partial charge in [-0.2, -0.15) is 0 Å². The zero-order chi connectivity index (χ0) is 11.4. The van der Waals surface area contributed by atoms with Crippen molar-refractivity contribution in [2.24, 2.45) is 11.7 Å². The predicted molar refractivity (Wildman–Crippen MR) is 65.0 cm³/mol. The third-order valence-corrected chi connectivity index (χ3v) is 4.10. The third kappa shape index (κ3) is 3.21. The lowest BCUT2D eigenvalue weighted by atomic mass is 9.96. The molecule has 2 saturated carbocycles. The zero-order valence-corrected chi connectivity index (χ0v) is 10.1. The van der Waals surface area contributed by atoms with Gasteiger partial charge in [-0.05, 0) is 31.6 Å². The Kier molecular flexibility index (Phi) is 3.85. The Hall–Kier alpha value is -0.570. The topological polar surface area (TPSA) is 55.1 Å². The van der Waals surface area contributed by atoms with Crippen LogP contribution in [0.3, 0.4) is 0 Å². The van der Waals surface area contributed by atoms with Crippen LogP contribution >= 0.6 is 0 Å². The maximum atomic E-state index is 11.9. The number of carbonyl (C=O) groups is 1. The summed E-state index contributed by atoms with van der Waals surface area (Å²) in [7, 11) is 0. The van der Waals surface area contributed by atoms with E-state index in [1.807, 2.05) is 0 Å². The lowest BCUT2D eigenvalue weighted by molar-refractivity contribution is -0.123. The minimum atomic E-state index is -0.0121. The van der Waals surface area contributed by atoms with Crippen molar-refractivity contribution in [3.63, 3.8) is 0 Å². The lowest BCUT2D eigenvalue weighted by Gasteiger charge is -2.18. The van der Waals surface area contributed by atoms with Crippen molar-refractivity contribution in [2.75, 3.05) is 6.54 Å². The summed E-state index contributed by atoms with van der Waals surface area (Å²) in [6.07, 6.45) is 10.7. The maximum Gasteiger partial charge on any atom is 0.220 e. The van der Waals surface area contributed by atoms with Crippen LogP contribution in [-0.2, 0) is 4.79 Å². The first kappa shape index (κ1) is 11.9. The Bertz CT molecular complexity index is 240. The van der Waals surface area contributed by atoms with Crippen LogP contribution in [-0.4, -0.2) is 18.0 Å². The van der Waals surface area contributed by atoms with Gasteiger partial charge in [0, 0.05) is 13.0 Å². The third-order valence-electron chi connectivity index (χ3n) is 4.10. The van der Waals surface area contributed by atoms with Crippen LogP contribution in [0.15, 0.2) is 0 Å². The quantitative estimate of drug-likeness (QED) is 0.717. The highest BCUT2D eigenvalue weighted by Gasteiger charge is 2.42. The van der Waals surface area contributed by atoms with Crippen molar-refractivity contribution in [3.8, 4) is 0 Å². The van der Waals surface area contributed by atoms with Gasteiger partial charge in [-0.1, -0.05) is 25.7 Å². The second kappa shape index (κ2) is 5.17. The van der Waals surface area contributed by atoms with Gasteiger partial charge in [0.25, 0.3) is 0 Å². The number of hydrogen-bond donors (Lipinski definition) is 2. The zero-order valence-electron chi connectivity index (χ0n) is 10.1. The average Bonchev–Trinajstić information content (AvgIpc) is 3.04. The molecule has 0 aromatic rings. The number of amides is 1. The minimum absolute atomic E-state index is 0.0121. The summed E-state index contributed by atoms with van der Waals surface area (Å²) >= 11 is 0. The Morgan fingerprint density at radius 3 is 2.31 bits per heavy atom. The number of hydrogen-bond acceptors (Lipinski definition) is 2. The first-order valence-electron chi connectivity index (χ1n) is 6.75. The van der Waals surface area contributed by atoms with Crippen molar-refractivity contribution in [1.82, 2.24) is 5.32 Å². The first-order valence-corrected chi connectivity index (χ1v) is 6.75. The molecule has 0 atom stereocenters. The largest absolute Gasteiger partial charge is 0.349 e. The molecule has 0 spiro atoms. The molecule has 3 heteroatoms. The van der Waals surface area contributed by atoms with Gasteiger partial charge >= 0.3 is 0 Å². The number of rotatable bonds is 4. The SMILES string of the molecule is NCC1(NC(=O)CC2CCCCCC2)CC1. The molecule has 2 aliphatic rings. The second-order valence-electron chi connectivity index (χ2n) is 5.59. The van der Waals surface area contributed by atoms with E-state index in [9.17, 15) is 4.79 Å². The fourth-order valence-electron chi connectivity index (χ4n) is 2.71. The molecule has 3 nitrogen and oxygen atoms in total. The van der Waals surface area contributed by atoms with Crippen LogP contribution in [0.25, 0.3) is 0 Å². The summed E-state index contributed by atoms with van der Waals surface area (Å²) in [6.45, 7) is 0.601. The van der Waals surface area contributed by atoms with Gasteiger partial charge < -0.3 is 11.1 Å². The van der Waals surface area contributed by atoms with E-state index < -0.39 is 0 Å². The minimum Gasteiger partial charge on any atom is -0.349 e. The highest BCUT2D eigenvalue weighted by Crippen LogP contribution is 2.34. The van der Waals surface area contributed by atoms with E-state index in [-0.39, 0.29) is 11.4 Å². The van der Waals surface area contributed by atoms with Crippen molar-refractivity contribution < 1.29 is 4.79 Å². The van der Waals surface area contributed by atoms with Crippen LogP contribution in [0.1, 0.15) is 57.8 Å². The van der Waals surface area contributed by atoms with E-state index in [1.54, 1.807) is 0 Å². The molecular weight excluding hydrogens is 200 g/mol. The number of nitrogens with two attached hydrogens (primary N) is 1. The standard InChI is InChI=1S/C13H24N2O/c14-10-13(7-8-13)15-12(16)9-11-5-3-1-2-4-6-11/h11H,1-10,14H2,(H,15,16). The van der Waals surface area contributed by atoms with Gasteiger partial charge in [-0.25, -0.2) is 0 Å². The molecule has 1 amide bonds. The molecule has 16 heavy (non-hydrogen) atoms. The molecule has 2 fully saturated rings. The fraction of sp³-hybridized carbons (Fsp3) is 0.923. The molecule has 0 aromatic heterocycles. The normalized spacial score (nSPS) is 24.8. The van der Waals surface area contributed by atoms with Crippen LogP contribution < -0.4 is 11.1 Å². The van der Waals surface area contributed by atoms with Crippen molar-refractivity contribution in [3.05, 3.63) is 0 Å². The summed E-state index contributed by atoms with van der Waals surface area (Å²) < 4.78 is 0. The van der Waals surface area contributed by atoms with Crippen LogP contribution in [0.2, 0.25) is 0 Å². The Morgan fingerprint density at radius 1 is 1.19 bits per heavy atom. The molecular formula is C13H24N2O. The molecule has 0 bridgehead atoms. The highest BCUT2D eigenvalue weighted by molar-refractivity contribution is 5.77. The molecule has 2 rings (SSSR count). The molecule has 2 aliphatic carbocycles. The summed E-state index contributed by atoms with van der Waals surface area (Å²) in [6, 6.07) is 0. The van der Waals surface area contributed by atoms with E-state index in [2.05, 4.69) is 5.32 Å². The fourth-order valence-corrected chi connectivity index (χ4v) is 2.71. The van der Waals surface area contributed by atoms with E-state index >= 15 is 0 Å². The first-order chi connectivity index (χ1) is 7.74. The van der Waals surface area contributed by atoms with Crippen molar-refractivity contribution in [2.45, 2.75) is 63.3 Å². The Balaban J connectivity index is 1.73. The monoisotopic (exact) mass is 224 g/mol. The number of nitrogens with one attached hydrogen (secondary N) is 1. The average molecular weight is 224 g/mol. The molecule has 3 N–H and O–H groups in total. The summed E-state index contributed by atoms with van der Waals surface area (Å²) in [5.74, 6) is 0.853. The Morgan fingerprint density at radius 2 is 1.81 bits per heavy atom. The predicted octanol–water partition coefficient (Wildman–Crippen LogP) is 1.95. The van der Waals surface area contributed by atoms with Gasteiger partial charge in [-0.3, -0.25) is 4.79 Å². The van der Waals surface area contributed by atoms with Gasteiger partial charge in [0.15, 0.2) is 0 Å². The summed E-state index contributed by atoms with van der Waals surface area (Å²) in [5.41, 5.74) is 5.65. The van der Waals surface area contributed by atoms with E-state index in [4.69, 9.17) is 5.73 Å². The van der Waals surface area contributed by atoms with Gasteiger partial charge in [0.05, 0.1) is 5.54 Å². The van der Waals surface area contributed by atoms with Crippen LogP contribution in [0.4, 0.5) is 0 Å². The van der Waals surface area contributed by atoms with E-state index in [0.717, 1.165) is 19.3 Å².